The molecule has 0 bridgehead atoms. The van der Waals surface area contributed by atoms with Crippen LogP contribution in [0.5, 0.6) is 0 Å². The lowest BCUT2D eigenvalue weighted by Gasteiger charge is -2.45. The Morgan fingerprint density at radius 1 is 1.32 bits per heavy atom. The molecule has 1 aromatic rings. The molecular formula is C15H24FN3. The van der Waals surface area contributed by atoms with Gasteiger partial charge in [-0.2, -0.15) is 0 Å². The first kappa shape index (κ1) is 14.3. The third-order valence-corrected chi connectivity index (χ3v) is 4.04. The van der Waals surface area contributed by atoms with Crippen molar-refractivity contribution in [3.63, 3.8) is 0 Å². The van der Waals surface area contributed by atoms with Crippen LogP contribution >= 0.6 is 0 Å². The molecule has 0 amide bonds. The van der Waals surface area contributed by atoms with E-state index < -0.39 is 0 Å². The SMILES string of the molecule is CNCCC1CN(C)C(C)CN1c1ccccc1F. The second kappa shape index (κ2) is 6.35. The van der Waals surface area contributed by atoms with Gasteiger partial charge in [0, 0.05) is 25.2 Å². The van der Waals surface area contributed by atoms with E-state index in [0.717, 1.165) is 31.7 Å². The number of hydrogen-bond acceptors (Lipinski definition) is 3. The highest BCUT2D eigenvalue weighted by atomic mass is 19.1. The summed E-state index contributed by atoms with van der Waals surface area (Å²) in [5.41, 5.74) is 0.739. The zero-order valence-electron chi connectivity index (χ0n) is 12.1. The normalized spacial score (nSPS) is 24.7. The van der Waals surface area contributed by atoms with Crippen molar-refractivity contribution in [1.82, 2.24) is 10.2 Å². The Balaban J connectivity index is 2.20. The third kappa shape index (κ3) is 3.25. The maximum absolute atomic E-state index is 14.0. The summed E-state index contributed by atoms with van der Waals surface area (Å²) >= 11 is 0. The molecule has 0 aliphatic carbocycles. The first-order chi connectivity index (χ1) is 9.13. The fourth-order valence-electron chi connectivity index (χ4n) is 2.72. The highest BCUT2D eigenvalue weighted by Crippen LogP contribution is 2.26. The van der Waals surface area contributed by atoms with E-state index in [1.54, 1.807) is 12.1 Å². The lowest BCUT2D eigenvalue weighted by Crippen LogP contribution is -2.57. The van der Waals surface area contributed by atoms with Crippen LogP contribution in [-0.4, -0.2) is 50.7 Å². The van der Waals surface area contributed by atoms with E-state index in [4.69, 9.17) is 0 Å². The maximum atomic E-state index is 14.0. The van der Waals surface area contributed by atoms with Crippen molar-refractivity contribution in [1.29, 1.82) is 0 Å². The number of para-hydroxylation sites is 1. The molecule has 1 aliphatic heterocycles. The fourth-order valence-corrected chi connectivity index (χ4v) is 2.72. The van der Waals surface area contributed by atoms with Gasteiger partial charge in [0.15, 0.2) is 0 Å². The molecule has 2 unspecified atom stereocenters. The minimum Gasteiger partial charge on any atom is -0.363 e. The van der Waals surface area contributed by atoms with Crippen LogP contribution in [-0.2, 0) is 0 Å². The van der Waals surface area contributed by atoms with Crippen LogP contribution < -0.4 is 10.2 Å². The van der Waals surface area contributed by atoms with Crippen molar-refractivity contribution in [2.24, 2.45) is 0 Å². The first-order valence-corrected chi connectivity index (χ1v) is 6.99. The van der Waals surface area contributed by atoms with E-state index in [9.17, 15) is 4.39 Å². The Morgan fingerprint density at radius 3 is 2.74 bits per heavy atom. The van der Waals surface area contributed by atoms with Gasteiger partial charge in [0.1, 0.15) is 5.82 Å². The Bertz CT molecular complexity index is 410. The van der Waals surface area contributed by atoms with Gasteiger partial charge in [0.05, 0.1) is 5.69 Å². The van der Waals surface area contributed by atoms with E-state index in [1.807, 2.05) is 19.2 Å². The summed E-state index contributed by atoms with van der Waals surface area (Å²) in [6, 6.07) is 7.92. The van der Waals surface area contributed by atoms with Gasteiger partial charge in [0.2, 0.25) is 0 Å². The minimum absolute atomic E-state index is 0.117. The average molecular weight is 265 g/mol. The Kier molecular flexibility index (Phi) is 4.77. The molecule has 1 N–H and O–H groups in total. The predicted molar refractivity (Wildman–Crippen MR) is 78.2 cm³/mol. The molecule has 3 nitrogen and oxygen atoms in total. The quantitative estimate of drug-likeness (QED) is 0.897. The van der Waals surface area contributed by atoms with Gasteiger partial charge in [-0.1, -0.05) is 12.1 Å². The number of nitrogens with zero attached hydrogens (tertiary/aromatic N) is 2. The molecule has 106 valence electrons. The fraction of sp³-hybridized carbons (Fsp3) is 0.600. The van der Waals surface area contributed by atoms with Crippen LogP contribution in [0, 0.1) is 5.82 Å². The molecular weight excluding hydrogens is 241 g/mol. The Labute approximate surface area is 115 Å². The number of halogens is 1. The highest BCUT2D eigenvalue weighted by Gasteiger charge is 2.30. The smallest absolute Gasteiger partial charge is 0.146 e. The van der Waals surface area contributed by atoms with Crippen LogP contribution in [0.3, 0.4) is 0 Å². The van der Waals surface area contributed by atoms with E-state index >= 15 is 0 Å². The van der Waals surface area contributed by atoms with Crippen molar-refractivity contribution >= 4 is 5.69 Å². The number of hydrogen-bond donors (Lipinski definition) is 1. The van der Waals surface area contributed by atoms with Crippen molar-refractivity contribution < 1.29 is 4.39 Å². The summed E-state index contributed by atoms with van der Waals surface area (Å²) in [4.78, 5) is 4.59. The molecule has 1 aliphatic rings. The predicted octanol–water partition coefficient (Wildman–Crippen LogP) is 1.94. The first-order valence-electron chi connectivity index (χ1n) is 6.99. The molecule has 0 saturated carbocycles. The van der Waals surface area contributed by atoms with Crippen LogP contribution in [0.15, 0.2) is 24.3 Å². The van der Waals surface area contributed by atoms with Crippen LogP contribution in [0.1, 0.15) is 13.3 Å². The molecule has 1 aromatic carbocycles. The van der Waals surface area contributed by atoms with Gasteiger partial charge in [0.25, 0.3) is 0 Å². The number of rotatable bonds is 4. The van der Waals surface area contributed by atoms with Crippen molar-refractivity contribution in [3.05, 3.63) is 30.1 Å². The second-order valence-electron chi connectivity index (χ2n) is 5.44. The second-order valence-corrected chi connectivity index (χ2v) is 5.44. The monoisotopic (exact) mass is 265 g/mol. The minimum atomic E-state index is -0.117. The molecule has 2 atom stereocenters. The zero-order valence-corrected chi connectivity index (χ0v) is 12.1. The van der Waals surface area contributed by atoms with Gasteiger partial charge >= 0.3 is 0 Å². The number of benzene rings is 1. The molecule has 4 heteroatoms. The number of nitrogens with one attached hydrogen (secondary N) is 1. The van der Waals surface area contributed by atoms with E-state index in [-0.39, 0.29) is 5.82 Å². The van der Waals surface area contributed by atoms with Crippen molar-refractivity contribution in [2.75, 3.05) is 38.6 Å². The summed E-state index contributed by atoms with van der Waals surface area (Å²) in [5, 5.41) is 3.19. The van der Waals surface area contributed by atoms with E-state index in [2.05, 4.69) is 29.1 Å². The lowest BCUT2D eigenvalue weighted by atomic mass is 10.0. The largest absolute Gasteiger partial charge is 0.363 e. The Morgan fingerprint density at radius 2 is 2.05 bits per heavy atom. The standard InChI is InChI=1S/C15H24FN3/c1-12-10-19(15-7-5-4-6-14(15)16)13(8-9-17-2)11-18(12)3/h4-7,12-13,17H,8-11H2,1-3H3. The van der Waals surface area contributed by atoms with Gasteiger partial charge in [-0.25, -0.2) is 4.39 Å². The zero-order chi connectivity index (χ0) is 13.8. The summed E-state index contributed by atoms with van der Waals surface area (Å²) in [5.74, 6) is -0.117. The summed E-state index contributed by atoms with van der Waals surface area (Å²) < 4.78 is 14.0. The molecule has 2 rings (SSSR count). The van der Waals surface area contributed by atoms with E-state index in [0.29, 0.717) is 12.1 Å². The van der Waals surface area contributed by atoms with Gasteiger partial charge in [-0.15, -0.1) is 0 Å². The molecule has 0 spiro atoms. The van der Waals surface area contributed by atoms with Crippen molar-refractivity contribution in [3.8, 4) is 0 Å². The lowest BCUT2D eigenvalue weighted by molar-refractivity contribution is 0.194. The topological polar surface area (TPSA) is 18.5 Å². The maximum Gasteiger partial charge on any atom is 0.146 e. The van der Waals surface area contributed by atoms with Crippen LogP contribution in [0.4, 0.5) is 10.1 Å². The van der Waals surface area contributed by atoms with Crippen LogP contribution in [0.25, 0.3) is 0 Å². The van der Waals surface area contributed by atoms with Gasteiger partial charge in [-0.05, 0) is 46.1 Å². The van der Waals surface area contributed by atoms with E-state index in [1.165, 1.54) is 0 Å². The van der Waals surface area contributed by atoms with Crippen LogP contribution in [0.2, 0.25) is 0 Å². The molecule has 1 saturated heterocycles. The molecule has 0 radical (unpaired) electrons. The summed E-state index contributed by atoms with van der Waals surface area (Å²) in [6.07, 6.45) is 1.03. The van der Waals surface area contributed by atoms with Gasteiger partial charge < -0.3 is 10.2 Å². The summed E-state index contributed by atoms with van der Waals surface area (Å²) in [6.45, 7) is 5.02. The molecule has 1 fully saturated rings. The molecule has 0 aromatic heterocycles. The highest BCUT2D eigenvalue weighted by molar-refractivity contribution is 5.49. The molecule has 1 heterocycles. The number of piperazine rings is 1. The Hall–Kier alpha value is -1.13. The average Bonchev–Trinajstić information content (AvgIpc) is 2.40. The van der Waals surface area contributed by atoms with Gasteiger partial charge in [-0.3, -0.25) is 4.90 Å². The summed E-state index contributed by atoms with van der Waals surface area (Å²) in [7, 11) is 4.11. The van der Waals surface area contributed by atoms with Crippen molar-refractivity contribution in [2.45, 2.75) is 25.4 Å². The number of anilines is 1. The molecule has 19 heavy (non-hydrogen) atoms. The number of likely N-dealkylation sites (N-methyl/N-ethyl adjacent to an activating group) is 1. The third-order valence-electron chi connectivity index (χ3n) is 4.04.